The van der Waals surface area contributed by atoms with Crippen LogP contribution in [0.25, 0.3) is 0 Å². The third kappa shape index (κ3) is 31.4. The number of amides is 10. The van der Waals surface area contributed by atoms with Gasteiger partial charge < -0.3 is 102 Å². The lowest BCUT2D eigenvalue weighted by Crippen LogP contribution is -2.49. The molecule has 10 aliphatic heterocycles. The fourth-order valence-electron chi connectivity index (χ4n) is 16.9. The van der Waals surface area contributed by atoms with E-state index in [0.29, 0.717) is 143 Å². The maximum Gasteiger partial charge on any atom is 0.410 e. The average Bonchev–Trinajstić information content (AvgIpc) is 1.68. The van der Waals surface area contributed by atoms with Crippen molar-refractivity contribution < 1.29 is 122 Å². The van der Waals surface area contributed by atoms with Crippen LogP contribution < -0.4 is 53.3 Å². The maximum absolute atomic E-state index is 13.2. The van der Waals surface area contributed by atoms with E-state index in [1.165, 1.54) is 21.9 Å². The zero-order valence-corrected chi connectivity index (χ0v) is 83.0. The van der Waals surface area contributed by atoms with Crippen molar-refractivity contribution >= 4 is 69.9 Å². The number of carbonyl (C=O) groups is 10. The van der Waals surface area contributed by atoms with E-state index in [2.05, 4.69) is 10.6 Å². The van der Waals surface area contributed by atoms with Crippen molar-refractivity contribution in [2.45, 2.75) is 218 Å². The summed E-state index contributed by atoms with van der Waals surface area (Å²) in [6.45, 7) is 28.5. The highest BCUT2D eigenvalue weighted by Crippen LogP contribution is 2.40. The van der Waals surface area contributed by atoms with E-state index < -0.39 is 45.2 Å². The molecule has 0 unspecified atom stereocenters. The Morgan fingerprint density at radius 1 is 0.433 bits per heavy atom. The monoisotopic (exact) mass is 1970 g/mol. The predicted molar refractivity (Wildman–Crippen MR) is 518 cm³/mol. The molecule has 760 valence electrons. The van der Waals surface area contributed by atoms with Crippen molar-refractivity contribution in [1.82, 2.24) is 49.8 Å². The SMILES string of the molecule is CC(C)(C)OC(=O)N1CCC(N2CC(=O)CC2=O)CC1.CC(C)(C)OC(=O)N1CCC(N2CC(=O)N(C[C@@H]3COc4ccc(OCc5ccccc5)cc4O3)C2=O)CC1.CCOC(=O)CNC1CCN(C(=O)OC(C)(C)C)CC1.Cc1ccc(S(=O)(=O)OC[C@@H]2COc3ccc(OCc4ccccc4)cc3O2)cc1.O=C1CN(C2CCNCC2)C(=O)N1C[C@@H]1COc2ccc(OCc3ccccc3)cc2O1. The first-order chi connectivity index (χ1) is 67.4. The van der Waals surface area contributed by atoms with Crippen molar-refractivity contribution in [3.8, 4) is 51.7 Å². The first kappa shape index (κ1) is 105. The molecule has 37 heteroatoms. The molecule has 7 saturated heterocycles. The molecule has 7 fully saturated rings. The van der Waals surface area contributed by atoms with Gasteiger partial charge in [0.2, 0.25) is 17.7 Å². The van der Waals surface area contributed by atoms with Crippen LogP contribution in [-0.4, -0.2) is 291 Å². The van der Waals surface area contributed by atoms with Gasteiger partial charge in [0, 0.05) is 81.6 Å². The molecule has 141 heavy (non-hydrogen) atoms. The predicted octanol–water partition coefficient (Wildman–Crippen LogP) is 13.3. The summed E-state index contributed by atoms with van der Waals surface area (Å²) in [6.07, 6.45) is 3.61. The Morgan fingerprint density at radius 3 is 1.18 bits per heavy atom. The lowest BCUT2D eigenvalue weighted by molar-refractivity contribution is -0.142. The summed E-state index contributed by atoms with van der Waals surface area (Å²) in [5.41, 5.74) is 2.64. The third-order valence-electron chi connectivity index (χ3n) is 24.2. The number of likely N-dealkylation sites (tertiary alicyclic amines) is 4. The normalized spacial score (nSPS) is 19.1. The van der Waals surface area contributed by atoms with Crippen LogP contribution in [-0.2, 0) is 77.0 Å². The first-order valence-electron chi connectivity index (χ1n) is 48.2. The molecular formula is C104H132N10O26S. The molecule has 0 radical (unpaired) electrons. The molecule has 36 nitrogen and oxygen atoms in total. The number of rotatable bonds is 24. The minimum atomic E-state index is -3.86. The average molecular weight is 1970 g/mol. The molecule has 0 aromatic heterocycles. The van der Waals surface area contributed by atoms with E-state index in [4.69, 9.17) is 65.8 Å². The Morgan fingerprint density at radius 2 is 0.801 bits per heavy atom. The Hall–Kier alpha value is -13.1. The van der Waals surface area contributed by atoms with E-state index >= 15 is 0 Å². The number of carbonyl (C=O) groups excluding carboxylic acids is 10. The Balaban J connectivity index is 0.000000152. The lowest BCUT2D eigenvalue weighted by Gasteiger charge is -2.36. The smallest absolute Gasteiger partial charge is 0.410 e. The van der Waals surface area contributed by atoms with Crippen molar-refractivity contribution in [2.24, 2.45) is 0 Å². The molecular weight excluding hydrogens is 1840 g/mol. The van der Waals surface area contributed by atoms with Gasteiger partial charge in [-0.2, -0.15) is 8.42 Å². The van der Waals surface area contributed by atoms with Crippen LogP contribution >= 0.6 is 0 Å². The van der Waals surface area contributed by atoms with E-state index in [0.717, 1.165) is 61.0 Å². The summed E-state index contributed by atoms with van der Waals surface area (Å²) in [4.78, 5) is 135. The number of nitrogens with zero attached hydrogens (tertiary/aromatic N) is 8. The van der Waals surface area contributed by atoms with Crippen molar-refractivity contribution in [2.75, 3.05) is 125 Å². The highest BCUT2D eigenvalue weighted by atomic mass is 32.2. The topological polar surface area (TPSA) is 384 Å². The summed E-state index contributed by atoms with van der Waals surface area (Å²) in [7, 11) is -3.86. The number of urea groups is 2. The number of ketones is 1. The van der Waals surface area contributed by atoms with Crippen molar-refractivity contribution in [3.05, 3.63) is 192 Å². The largest absolute Gasteiger partial charge is 0.489 e. The molecule has 17 rings (SSSR count). The molecule has 2 N–H and O–H groups in total. The number of aryl methyl sites for hydroxylation is 1. The van der Waals surface area contributed by atoms with E-state index in [9.17, 15) is 56.4 Å². The Bertz CT molecular complexity index is 5520. The number of hydrogen-bond donors (Lipinski definition) is 2. The number of Topliss-reactive ketones (excluding diaryl/α,β-unsaturated/α-hetero) is 1. The molecule has 0 saturated carbocycles. The van der Waals surface area contributed by atoms with Gasteiger partial charge in [-0.1, -0.05) is 109 Å². The fourth-order valence-corrected chi connectivity index (χ4v) is 17.8. The van der Waals surface area contributed by atoms with Crippen LogP contribution in [0.4, 0.5) is 24.0 Å². The molecule has 7 aromatic carbocycles. The van der Waals surface area contributed by atoms with Gasteiger partial charge >= 0.3 is 36.3 Å². The van der Waals surface area contributed by atoms with E-state index in [1.54, 1.807) is 78.8 Å². The molecule has 10 amide bonds. The van der Waals surface area contributed by atoms with Crippen LogP contribution in [0.2, 0.25) is 0 Å². The van der Waals surface area contributed by atoms with Gasteiger partial charge in [0.05, 0.1) is 44.1 Å². The molecule has 10 aliphatic rings. The van der Waals surface area contributed by atoms with Gasteiger partial charge in [0.15, 0.2) is 58.6 Å². The van der Waals surface area contributed by atoms with Gasteiger partial charge in [-0.3, -0.25) is 38.0 Å². The van der Waals surface area contributed by atoms with E-state index in [1.807, 2.05) is 184 Å². The second-order valence-corrected chi connectivity index (χ2v) is 40.3. The van der Waals surface area contributed by atoms with Crippen LogP contribution in [0, 0.1) is 6.92 Å². The van der Waals surface area contributed by atoms with Crippen molar-refractivity contribution in [3.63, 3.8) is 0 Å². The third-order valence-corrected chi connectivity index (χ3v) is 25.5. The number of piperidine rings is 4. The second-order valence-electron chi connectivity index (χ2n) is 38.7. The molecule has 0 bridgehead atoms. The first-order valence-corrected chi connectivity index (χ1v) is 49.6. The fraction of sp³-hybridized carbons (Fsp3) is 0.500. The van der Waals surface area contributed by atoms with Gasteiger partial charge in [0.1, 0.15) is 93.4 Å². The number of esters is 1. The Labute approximate surface area is 824 Å². The van der Waals surface area contributed by atoms with Crippen LogP contribution in [0.15, 0.2) is 175 Å². The molecule has 3 atom stereocenters. The van der Waals surface area contributed by atoms with Gasteiger partial charge in [-0.25, -0.2) is 24.0 Å². The molecule has 10 heterocycles. The zero-order chi connectivity index (χ0) is 101. The van der Waals surface area contributed by atoms with Gasteiger partial charge in [-0.15, -0.1) is 0 Å². The molecule has 0 aliphatic carbocycles. The van der Waals surface area contributed by atoms with E-state index in [-0.39, 0.29) is 161 Å². The number of fused-ring (bicyclic) bond motifs is 3. The number of benzene rings is 7. The van der Waals surface area contributed by atoms with Crippen molar-refractivity contribution in [1.29, 1.82) is 0 Å². The van der Waals surface area contributed by atoms with Gasteiger partial charge in [0.25, 0.3) is 10.1 Å². The lowest BCUT2D eigenvalue weighted by atomic mass is 10.0. The van der Waals surface area contributed by atoms with Crippen LogP contribution in [0.5, 0.6) is 51.7 Å². The number of ether oxygens (including phenoxy) is 13. The minimum Gasteiger partial charge on any atom is -0.489 e. The van der Waals surface area contributed by atoms with Crippen LogP contribution in [0.3, 0.4) is 0 Å². The molecule has 7 aromatic rings. The zero-order valence-electron chi connectivity index (χ0n) is 82.2. The standard InChI is InChI=1S/C29H35N3O7.C24H27N3O5.C23H22O6S.C14H22N2O4.C14H26N2O4/c1-29(2,3)39-28(35)30-13-11-21(12-14-30)31-17-26(33)32(27(31)34)16-23-19-37-24-10-9-22(15-25(24)38-23)36-18-20-7-5-4-6-8-20;28-23-14-26(18-8-10-25-11-9-18)24(29)27(23)13-20-16-31-21-7-6-19(12-22(21)32-20)30-15-17-4-2-1-3-5-17;1-17-7-10-21(11-8-17)30(24,25)28-16-20-15-27-22-12-9-19(13-23(22)29-20)26-14-18-5-3-2-4-6-18;1-14(2,3)20-13(19)15-6-4-10(5-7-15)16-9-11(17)8-12(16)18;1-5-19-12(17)10-15-11-6-8-16(9-7-11)13(18)20-14(2,3)4/h4-10,15,21,23H,11-14,16-19H2,1-3H3;1-7,12,18,20,25H,8-11,13-16H2;2-13,20H,14-16H2,1H3;10H,4-9H2,1-3H3;11,15H,5-10H2,1-4H3/t23-;2*20-;;/m110../s1. The number of hydrogen-bond acceptors (Lipinski definition) is 28. The summed E-state index contributed by atoms with van der Waals surface area (Å²) >= 11 is 0. The quantitative estimate of drug-likeness (QED) is 0.0186. The minimum absolute atomic E-state index is 0.00966. The summed E-state index contributed by atoms with van der Waals surface area (Å²) < 4.78 is 104. The highest BCUT2D eigenvalue weighted by molar-refractivity contribution is 7.86. The number of nitrogens with one attached hydrogen (secondary N) is 2. The summed E-state index contributed by atoms with van der Waals surface area (Å²) in [5, 5.41) is 6.45. The molecule has 0 spiro atoms. The number of imide groups is 2. The van der Waals surface area contributed by atoms with Crippen LogP contribution in [0.1, 0.15) is 149 Å². The maximum atomic E-state index is 13.2. The summed E-state index contributed by atoms with van der Waals surface area (Å²) in [6, 6.07) is 52.0. The summed E-state index contributed by atoms with van der Waals surface area (Å²) in [5.74, 6) is 4.55. The second kappa shape index (κ2) is 48.8. The Kier molecular flexibility index (Phi) is 36.4. The highest BCUT2D eigenvalue weighted by Gasteiger charge is 2.46. The van der Waals surface area contributed by atoms with Gasteiger partial charge in [-0.05, 0) is 206 Å².